The number of likely N-dealkylation sites (tertiary alicyclic amines) is 2. The Hall–Kier alpha value is -2.04. The van der Waals surface area contributed by atoms with Gasteiger partial charge < -0.3 is 15.1 Å². The van der Waals surface area contributed by atoms with Crippen LogP contribution < -0.4 is 5.32 Å². The fourth-order valence-corrected chi connectivity index (χ4v) is 3.66. The molecule has 1 aromatic carbocycles. The minimum Gasteiger partial charge on any atom is -0.338 e. The maximum absolute atomic E-state index is 12.5. The van der Waals surface area contributed by atoms with Gasteiger partial charge in [-0.1, -0.05) is 18.2 Å². The lowest BCUT2D eigenvalue weighted by Gasteiger charge is -2.50. The number of piperidine rings is 2. The monoisotopic (exact) mass is 301 g/mol. The van der Waals surface area contributed by atoms with Crippen molar-refractivity contribution in [2.45, 2.75) is 37.6 Å². The average molecular weight is 301 g/mol. The van der Waals surface area contributed by atoms with Crippen molar-refractivity contribution >= 4 is 17.6 Å². The van der Waals surface area contributed by atoms with Crippen molar-refractivity contribution in [1.82, 2.24) is 9.80 Å². The lowest BCUT2D eigenvalue weighted by molar-refractivity contribution is -0.142. The Kier molecular flexibility index (Phi) is 4.05. The third kappa shape index (κ3) is 2.80. The third-order valence-corrected chi connectivity index (χ3v) is 4.99. The largest absolute Gasteiger partial charge is 0.338 e. The number of rotatable bonds is 1. The zero-order valence-corrected chi connectivity index (χ0v) is 13.0. The molecule has 1 atom stereocenters. The van der Waals surface area contributed by atoms with Crippen molar-refractivity contribution in [3.8, 4) is 0 Å². The highest BCUT2D eigenvalue weighted by molar-refractivity contribution is 5.89. The van der Waals surface area contributed by atoms with E-state index in [2.05, 4.69) is 5.32 Å². The molecule has 118 valence electrons. The van der Waals surface area contributed by atoms with Gasteiger partial charge in [0.1, 0.15) is 0 Å². The molecule has 1 aromatic rings. The summed E-state index contributed by atoms with van der Waals surface area (Å²) in [5, 5.41) is 2.94. The molecule has 0 bridgehead atoms. The summed E-state index contributed by atoms with van der Waals surface area (Å²) in [6.45, 7) is 1.39. The maximum Gasteiger partial charge on any atom is 0.321 e. The van der Waals surface area contributed by atoms with Gasteiger partial charge >= 0.3 is 6.03 Å². The number of benzene rings is 1. The van der Waals surface area contributed by atoms with E-state index in [1.165, 1.54) is 0 Å². The third-order valence-electron chi connectivity index (χ3n) is 4.99. The predicted molar refractivity (Wildman–Crippen MR) is 85.6 cm³/mol. The van der Waals surface area contributed by atoms with Crippen molar-refractivity contribution in [2.75, 3.05) is 25.5 Å². The van der Waals surface area contributed by atoms with Gasteiger partial charge in [0.2, 0.25) is 5.91 Å². The first-order chi connectivity index (χ1) is 10.6. The average Bonchev–Trinajstić information content (AvgIpc) is 2.54. The maximum atomic E-state index is 12.5. The molecule has 1 unspecified atom stereocenters. The smallest absolute Gasteiger partial charge is 0.321 e. The number of likely N-dealkylation sites (N-methyl/N-ethyl adjacent to an activating group) is 1. The first-order valence-corrected chi connectivity index (χ1v) is 7.98. The van der Waals surface area contributed by atoms with Crippen LogP contribution in [0.2, 0.25) is 0 Å². The molecule has 2 heterocycles. The molecule has 22 heavy (non-hydrogen) atoms. The Morgan fingerprint density at radius 2 is 1.91 bits per heavy atom. The quantitative estimate of drug-likeness (QED) is 0.867. The summed E-state index contributed by atoms with van der Waals surface area (Å²) < 4.78 is 0. The van der Waals surface area contributed by atoms with E-state index in [1.54, 1.807) is 0 Å². The van der Waals surface area contributed by atoms with Crippen LogP contribution in [-0.2, 0) is 4.79 Å². The highest BCUT2D eigenvalue weighted by Gasteiger charge is 2.44. The van der Waals surface area contributed by atoms with Gasteiger partial charge in [-0.15, -0.1) is 0 Å². The van der Waals surface area contributed by atoms with Gasteiger partial charge in [0.25, 0.3) is 0 Å². The van der Waals surface area contributed by atoms with Gasteiger partial charge in [-0.05, 0) is 37.8 Å². The molecule has 1 N–H and O–H groups in total. The van der Waals surface area contributed by atoms with Gasteiger partial charge in [0.05, 0.1) is 5.54 Å². The number of nitrogens with zero attached hydrogens (tertiary/aromatic N) is 2. The van der Waals surface area contributed by atoms with Crippen molar-refractivity contribution in [3.05, 3.63) is 30.3 Å². The number of hydrogen-bond acceptors (Lipinski definition) is 2. The molecule has 2 saturated heterocycles. The lowest BCUT2D eigenvalue weighted by Crippen LogP contribution is -2.62. The van der Waals surface area contributed by atoms with E-state index in [0.29, 0.717) is 13.0 Å². The number of carbonyl (C=O) groups excluding carboxylic acids is 2. The zero-order valence-electron chi connectivity index (χ0n) is 13.0. The Bertz CT molecular complexity index is 556. The molecule has 5 nitrogen and oxygen atoms in total. The van der Waals surface area contributed by atoms with Crippen molar-refractivity contribution in [3.63, 3.8) is 0 Å². The first kappa shape index (κ1) is 14.9. The topological polar surface area (TPSA) is 52.7 Å². The van der Waals surface area contributed by atoms with E-state index in [4.69, 9.17) is 0 Å². The number of anilines is 1. The second kappa shape index (κ2) is 5.99. The standard InChI is InChI=1S/C17H23N3O2/c1-19-15(21)9-5-10-17(19)11-6-12-20(13-17)16(22)18-14-7-3-2-4-8-14/h2-4,7-8H,5-6,9-13H2,1H3,(H,18,22). The molecule has 2 aliphatic heterocycles. The summed E-state index contributed by atoms with van der Waals surface area (Å²) in [6, 6.07) is 9.43. The molecule has 0 saturated carbocycles. The van der Waals surface area contributed by atoms with Crippen LogP contribution in [0.3, 0.4) is 0 Å². The highest BCUT2D eigenvalue weighted by Crippen LogP contribution is 2.35. The van der Waals surface area contributed by atoms with Gasteiger partial charge in [-0.3, -0.25) is 4.79 Å². The summed E-state index contributed by atoms with van der Waals surface area (Å²) in [5.41, 5.74) is 0.641. The summed E-state index contributed by atoms with van der Waals surface area (Å²) in [5.74, 6) is 0.205. The Labute approximate surface area is 131 Å². The van der Waals surface area contributed by atoms with Crippen LogP contribution in [0.15, 0.2) is 30.3 Å². The second-order valence-electron chi connectivity index (χ2n) is 6.35. The molecule has 3 rings (SSSR count). The number of urea groups is 1. The number of para-hydroxylation sites is 1. The summed E-state index contributed by atoms with van der Waals surface area (Å²) >= 11 is 0. The Morgan fingerprint density at radius 1 is 1.18 bits per heavy atom. The van der Waals surface area contributed by atoms with Crippen molar-refractivity contribution in [2.24, 2.45) is 0 Å². The fourth-order valence-electron chi connectivity index (χ4n) is 3.66. The fraction of sp³-hybridized carbons (Fsp3) is 0.529. The molecule has 0 aliphatic carbocycles. The van der Waals surface area contributed by atoms with E-state index in [9.17, 15) is 9.59 Å². The van der Waals surface area contributed by atoms with Crippen LogP contribution in [0.4, 0.5) is 10.5 Å². The van der Waals surface area contributed by atoms with Crippen LogP contribution in [-0.4, -0.2) is 47.4 Å². The van der Waals surface area contributed by atoms with E-state index >= 15 is 0 Å². The van der Waals surface area contributed by atoms with Crippen LogP contribution in [0.5, 0.6) is 0 Å². The molecule has 1 spiro atoms. The minimum atomic E-state index is -0.165. The number of carbonyl (C=O) groups is 2. The van der Waals surface area contributed by atoms with Gasteiger partial charge in [0, 0.05) is 32.2 Å². The van der Waals surface area contributed by atoms with Crippen LogP contribution in [0.1, 0.15) is 32.1 Å². The van der Waals surface area contributed by atoms with Gasteiger partial charge in [0.15, 0.2) is 0 Å². The summed E-state index contributed by atoms with van der Waals surface area (Å²) in [7, 11) is 1.89. The molecule has 2 aliphatic rings. The highest BCUT2D eigenvalue weighted by atomic mass is 16.2. The van der Waals surface area contributed by atoms with Crippen molar-refractivity contribution in [1.29, 1.82) is 0 Å². The van der Waals surface area contributed by atoms with Crippen LogP contribution in [0, 0.1) is 0 Å². The van der Waals surface area contributed by atoms with E-state index < -0.39 is 0 Å². The van der Waals surface area contributed by atoms with Gasteiger partial charge in [-0.25, -0.2) is 4.79 Å². The summed E-state index contributed by atoms with van der Waals surface area (Å²) in [6.07, 6.45) is 4.49. The molecule has 3 amide bonds. The SMILES string of the molecule is CN1C(=O)CCCC12CCCN(C(=O)Nc1ccccc1)C2. The molecule has 0 aromatic heterocycles. The molecular weight excluding hydrogens is 278 g/mol. The molecule has 0 radical (unpaired) electrons. The number of amides is 3. The lowest BCUT2D eigenvalue weighted by atomic mass is 9.80. The van der Waals surface area contributed by atoms with E-state index in [1.807, 2.05) is 47.2 Å². The molecule has 5 heteroatoms. The van der Waals surface area contributed by atoms with Crippen LogP contribution in [0.25, 0.3) is 0 Å². The van der Waals surface area contributed by atoms with Gasteiger partial charge in [-0.2, -0.15) is 0 Å². The second-order valence-corrected chi connectivity index (χ2v) is 6.35. The minimum absolute atomic E-state index is 0.0725. The molecule has 2 fully saturated rings. The predicted octanol–water partition coefficient (Wildman–Crippen LogP) is 2.70. The first-order valence-electron chi connectivity index (χ1n) is 7.98. The summed E-state index contributed by atoms with van der Waals surface area (Å²) in [4.78, 5) is 28.3. The normalized spacial score (nSPS) is 25.4. The Morgan fingerprint density at radius 3 is 2.68 bits per heavy atom. The van der Waals surface area contributed by atoms with E-state index in [0.717, 1.165) is 37.9 Å². The number of hydrogen-bond donors (Lipinski definition) is 1. The van der Waals surface area contributed by atoms with Crippen molar-refractivity contribution < 1.29 is 9.59 Å². The Balaban J connectivity index is 1.70. The van der Waals surface area contributed by atoms with Crippen LogP contribution >= 0.6 is 0 Å². The molecular formula is C17H23N3O2. The number of nitrogens with one attached hydrogen (secondary N) is 1. The van der Waals surface area contributed by atoms with E-state index in [-0.39, 0.29) is 17.5 Å². The zero-order chi connectivity index (χ0) is 15.6.